The molecule has 20 heavy (non-hydrogen) atoms. The molecule has 1 heterocycles. The smallest absolute Gasteiger partial charge is 0.180 e. The molecule has 0 aliphatic rings. The maximum Gasteiger partial charge on any atom is 0.180 e. The average molecular weight is 425 g/mol. The van der Waals surface area contributed by atoms with Crippen LogP contribution in [-0.4, -0.2) is 24.2 Å². The lowest BCUT2D eigenvalue weighted by Gasteiger charge is -2.12. The number of benzene rings is 1. The number of halogens is 3. The van der Waals surface area contributed by atoms with Crippen molar-refractivity contribution in [3.63, 3.8) is 0 Å². The average Bonchev–Trinajstić information content (AvgIpc) is 2.43. The molecule has 2 aromatic rings. The second kappa shape index (κ2) is 6.32. The molecule has 0 saturated carbocycles. The molecule has 7 heteroatoms. The van der Waals surface area contributed by atoms with Crippen LogP contribution in [0.15, 0.2) is 12.1 Å². The first-order valence-electron chi connectivity index (χ1n) is 5.60. The number of nitrogens with zero attached hydrogens (tertiary/aromatic N) is 2. The van der Waals surface area contributed by atoms with E-state index in [4.69, 9.17) is 32.7 Å². The van der Waals surface area contributed by atoms with E-state index in [1.165, 1.54) is 7.11 Å². The summed E-state index contributed by atoms with van der Waals surface area (Å²) in [6.07, 6.45) is 0. The molecule has 0 spiro atoms. The lowest BCUT2D eigenvalue weighted by atomic mass is 10.2. The number of hydrogen-bond acceptors (Lipinski definition) is 4. The van der Waals surface area contributed by atoms with Crippen molar-refractivity contribution < 1.29 is 9.47 Å². The highest BCUT2D eigenvalue weighted by Crippen LogP contribution is 2.41. The second-order valence-electron chi connectivity index (χ2n) is 3.90. The largest absolute Gasteiger partial charge is 0.493 e. The Hall–Kier alpha value is -0.790. The van der Waals surface area contributed by atoms with E-state index in [-0.39, 0.29) is 0 Å². The van der Waals surface area contributed by atoms with E-state index in [1.807, 2.05) is 6.92 Å². The van der Waals surface area contributed by atoms with Crippen LogP contribution in [0.3, 0.4) is 0 Å². The molecule has 0 aliphatic heterocycles. The van der Waals surface area contributed by atoms with E-state index in [1.54, 1.807) is 19.2 Å². The summed E-state index contributed by atoms with van der Waals surface area (Å²) in [5.74, 6) is 1.45. The van der Waals surface area contributed by atoms with E-state index in [9.17, 15) is 0 Å². The highest BCUT2D eigenvalue weighted by atomic mass is 127. The summed E-state index contributed by atoms with van der Waals surface area (Å²) in [6.45, 7) is 1.87. The molecule has 0 amide bonds. The number of hydrogen-bond donors (Lipinski definition) is 0. The molecule has 1 aromatic heterocycles. The molecular formula is C13H11Cl2IN2O2. The Labute approximate surface area is 140 Å². The van der Waals surface area contributed by atoms with Gasteiger partial charge >= 0.3 is 0 Å². The third-order valence-corrected chi connectivity index (χ3v) is 4.96. The van der Waals surface area contributed by atoms with Crippen LogP contribution < -0.4 is 9.47 Å². The van der Waals surface area contributed by atoms with Crippen LogP contribution in [0.5, 0.6) is 11.5 Å². The van der Waals surface area contributed by atoms with Gasteiger partial charge in [0.15, 0.2) is 17.3 Å². The zero-order valence-electron chi connectivity index (χ0n) is 11.0. The van der Waals surface area contributed by atoms with Crippen LogP contribution in [0, 0.1) is 10.5 Å². The van der Waals surface area contributed by atoms with E-state index in [0.717, 1.165) is 9.26 Å². The second-order valence-corrected chi connectivity index (χ2v) is 5.71. The van der Waals surface area contributed by atoms with Gasteiger partial charge in [-0.3, -0.25) is 0 Å². The number of rotatable bonds is 3. The Kier molecular flexibility index (Phi) is 4.93. The Balaban J connectivity index is 2.65. The van der Waals surface area contributed by atoms with Crippen molar-refractivity contribution in [2.24, 2.45) is 0 Å². The van der Waals surface area contributed by atoms with Crippen molar-refractivity contribution in [3.8, 4) is 22.9 Å². The Morgan fingerprint density at radius 1 is 1.10 bits per heavy atom. The SMILES string of the molecule is COc1ccc(-c2nc(C)c(I)c(Cl)n2)c(Cl)c1OC. The minimum absolute atomic E-state index is 0.392. The predicted octanol–water partition coefficient (Wildman–Crippen LogP) is 4.38. The minimum atomic E-state index is 0.392. The number of ether oxygens (including phenoxy) is 2. The van der Waals surface area contributed by atoms with Crippen molar-refractivity contribution in [3.05, 3.63) is 31.6 Å². The summed E-state index contributed by atoms with van der Waals surface area (Å²) >= 11 is 14.5. The Morgan fingerprint density at radius 2 is 1.80 bits per heavy atom. The standard InChI is InChI=1S/C13H11Cl2IN2O2/c1-6-10(16)12(15)18-13(17-6)7-4-5-8(19-2)11(20-3)9(7)14/h4-5H,1-3H3. The number of aryl methyl sites for hydroxylation is 1. The van der Waals surface area contributed by atoms with Crippen LogP contribution in [0.25, 0.3) is 11.4 Å². The third-order valence-electron chi connectivity index (χ3n) is 2.70. The molecule has 0 atom stereocenters. The lowest BCUT2D eigenvalue weighted by molar-refractivity contribution is 0.355. The molecular weight excluding hydrogens is 414 g/mol. The van der Waals surface area contributed by atoms with Gasteiger partial charge < -0.3 is 9.47 Å². The fourth-order valence-corrected chi connectivity index (χ4v) is 2.48. The Morgan fingerprint density at radius 3 is 2.35 bits per heavy atom. The van der Waals surface area contributed by atoms with E-state index in [0.29, 0.717) is 33.1 Å². The maximum atomic E-state index is 6.34. The topological polar surface area (TPSA) is 44.2 Å². The first kappa shape index (κ1) is 15.6. The number of aromatic nitrogens is 2. The molecule has 0 radical (unpaired) electrons. The first-order chi connectivity index (χ1) is 9.49. The van der Waals surface area contributed by atoms with Gasteiger partial charge in [0.25, 0.3) is 0 Å². The van der Waals surface area contributed by atoms with E-state index >= 15 is 0 Å². The summed E-state index contributed by atoms with van der Waals surface area (Å²) in [5.41, 5.74) is 1.44. The monoisotopic (exact) mass is 424 g/mol. The van der Waals surface area contributed by atoms with Crippen molar-refractivity contribution in [1.29, 1.82) is 0 Å². The molecule has 2 rings (SSSR count). The van der Waals surface area contributed by atoms with Gasteiger partial charge in [0.05, 0.1) is 28.5 Å². The summed E-state index contributed by atoms with van der Waals surface area (Å²) in [6, 6.07) is 3.53. The molecule has 0 saturated heterocycles. The molecule has 106 valence electrons. The zero-order valence-corrected chi connectivity index (χ0v) is 14.7. The van der Waals surface area contributed by atoms with Crippen LogP contribution in [0.1, 0.15) is 5.69 Å². The molecule has 0 N–H and O–H groups in total. The Bertz CT molecular complexity index is 642. The highest BCUT2D eigenvalue weighted by molar-refractivity contribution is 14.1. The molecule has 4 nitrogen and oxygen atoms in total. The van der Waals surface area contributed by atoms with Crippen LogP contribution >= 0.6 is 45.8 Å². The van der Waals surface area contributed by atoms with Crippen molar-refractivity contribution >= 4 is 45.8 Å². The molecule has 1 aromatic carbocycles. The molecule has 0 aliphatic carbocycles. The zero-order chi connectivity index (χ0) is 14.9. The summed E-state index contributed by atoms with van der Waals surface area (Å²) in [5, 5.41) is 0.794. The fraction of sp³-hybridized carbons (Fsp3) is 0.231. The van der Waals surface area contributed by atoms with Gasteiger partial charge in [0.2, 0.25) is 0 Å². The van der Waals surface area contributed by atoms with Gasteiger partial charge in [0, 0.05) is 5.56 Å². The van der Waals surface area contributed by atoms with Crippen LogP contribution in [-0.2, 0) is 0 Å². The summed E-state index contributed by atoms with van der Waals surface area (Å²) < 4.78 is 11.3. The normalized spacial score (nSPS) is 10.5. The van der Waals surface area contributed by atoms with Crippen LogP contribution in [0.4, 0.5) is 0 Å². The van der Waals surface area contributed by atoms with Crippen LogP contribution in [0.2, 0.25) is 10.2 Å². The summed E-state index contributed by atoms with van der Waals surface area (Å²) in [7, 11) is 3.08. The number of methoxy groups -OCH3 is 2. The summed E-state index contributed by atoms with van der Waals surface area (Å²) in [4.78, 5) is 8.67. The van der Waals surface area contributed by atoms with Gasteiger partial charge in [-0.05, 0) is 41.6 Å². The fourth-order valence-electron chi connectivity index (χ4n) is 1.71. The van der Waals surface area contributed by atoms with E-state index < -0.39 is 0 Å². The van der Waals surface area contributed by atoms with Gasteiger partial charge in [-0.2, -0.15) is 0 Å². The minimum Gasteiger partial charge on any atom is -0.493 e. The van der Waals surface area contributed by atoms with Crippen molar-refractivity contribution in [2.75, 3.05) is 14.2 Å². The predicted molar refractivity (Wildman–Crippen MR) is 88.0 cm³/mol. The van der Waals surface area contributed by atoms with Gasteiger partial charge in [0.1, 0.15) is 5.15 Å². The van der Waals surface area contributed by atoms with Gasteiger partial charge in [-0.1, -0.05) is 23.2 Å². The quantitative estimate of drug-likeness (QED) is 0.541. The van der Waals surface area contributed by atoms with Gasteiger partial charge in [-0.15, -0.1) is 0 Å². The van der Waals surface area contributed by atoms with Crippen molar-refractivity contribution in [2.45, 2.75) is 6.92 Å². The maximum absolute atomic E-state index is 6.34. The molecule has 0 bridgehead atoms. The lowest BCUT2D eigenvalue weighted by Crippen LogP contribution is -1.99. The van der Waals surface area contributed by atoms with E-state index in [2.05, 4.69) is 32.6 Å². The first-order valence-corrected chi connectivity index (χ1v) is 7.43. The third kappa shape index (κ3) is 2.80. The molecule has 0 unspecified atom stereocenters. The molecule has 0 fully saturated rings. The van der Waals surface area contributed by atoms with Crippen molar-refractivity contribution in [1.82, 2.24) is 9.97 Å². The highest BCUT2D eigenvalue weighted by Gasteiger charge is 2.17. The van der Waals surface area contributed by atoms with Gasteiger partial charge in [-0.25, -0.2) is 9.97 Å².